The Balaban J connectivity index is 0.00000512. The number of nitrogens with zero attached hydrogens (tertiary/aromatic N) is 4. The van der Waals surface area contributed by atoms with E-state index in [-0.39, 0.29) is 46.5 Å². The van der Waals surface area contributed by atoms with E-state index in [1.165, 1.54) is 10.9 Å². The van der Waals surface area contributed by atoms with Crippen LogP contribution < -0.4 is 5.73 Å². The van der Waals surface area contributed by atoms with Crippen molar-refractivity contribution in [2.24, 2.45) is 0 Å². The first-order valence-corrected chi connectivity index (χ1v) is 12.4. The van der Waals surface area contributed by atoms with Crippen molar-refractivity contribution in [3.05, 3.63) is 12.7 Å². The summed E-state index contributed by atoms with van der Waals surface area (Å²) in [7, 11) is -16.6. The molecule has 2 aromatic heterocycles. The van der Waals surface area contributed by atoms with Gasteiger partial charge in [-0.3, -0.25) is 9.09 Å². The van der Waals surface area contributed by atoms with Crippen molar-refractivity contribution in [3.63, 3.8) is 0 Å². The van der Waals surface area contributed by atoms with E-state index in [4.69, 9.17) is 25.2 Å². The molecule has 0 fully saturated rings. The van der Waals surface area contributed by atoms with Crippen LogP contribution in [0, 0.1) is 0 Å². The van der Waals surface area contributed by atoms with Crippen LogP contribution in [0.1, 0.15) is 6.23 Å². The van der Waals surface area contributed by atoms with Crippen LogP contribution in [0.15, 0.2) is 12.7 Å². The molecule has 4 atom stereocenters. The summed E-state index contributed by atoms with van der Waals surface area (Å²) >= 11 is 0. The molecule has 2 heterocycles. The maximum absolute atomic E-state index is 11.7. The molecular weight excluding hydrogens is 514 g/mol. The molecule has 18 nitrogen and oxygen atoms in total. The van der Waals surface area contributed by atoms with E-state index in [1.54, 1.807) is 0 Å². The normalized spacial score (nSPS) is 17.8. The van der Waals surface area contributed by atoms with Crippen molar-refractivity contribution < 1.29 is 61.4 Å². The summed E-state index contributed by atoms with van der Waals surface area (Å²) in [6.07, 6.45) is -0.309. The van der Waals surface area contributed by atoms with Gasteiger partial charge in [-0.2, -0.15) is 8.62 Å². The van der Waals surface area contributed by atoms with Crippen molar-refractivity contribution in [1.29, 1.82) is 0 Å². The van der Waals surface area contributed by atoms with Gasteiger partial charge in [0.2, 0.25) is 0 Å². The number of aromatic nitrogens is 4. The fraction of sp³-hybridized carbons (Fsp3) is 0.500. The predicted molar refractivity (Wildman–Crippen MR) is 103 cm³/mol. The van der Waals surface area contributed by atoms with Crippen LogP contribution in [0.2, 0.25) is 0 Å². The molecule has 177 valence electrons. The molecule has 0 aliphatic heterocycles. The minimum Gasteiger partial charge on any atom is -0.394 e. The molecule has 0 amide bonds. The van der Waals surface area contributed by atoms with Crippen LogP contribution in [-0.4, -0.2) is 105 Å². The monoisotopic (exact) mass is 532 g/mol. The fourth-order valence-electron chi connectivity index (χ4n) is 2.12. The third-order valence-corrected chi connectivity index (χ3v) is 7.05. The standard InChI is InChI=1S/C10H18N5O13P3.Na/c11-9-8-10(13-4-12-9)15(5-14-8)7(2-17)26-6(1-16)3-25-30(21,22)28-31(23,24)27-29(18,19)20;/h4-7,16-17H,1-3H2,(H,21,22)(H,23,24)(H2,11,12,13)(H2,18,19,20);. The predicted octanol–water partition coefficient (Wildman–Crippen LogP) is -1.76. The molecule has 0 bridgehead atoms. The SMILES string of the molecule is Nc1ncnc2c1ncn2C(CO)OC(CO)COP(=O)(O)OP(=O)(O)OP(=O)(O)O.[Na]. The molecule has 0 saturated carbocycles. The zero-order chi connectivity index (χ0) is 23.4. The van der Waals surface area contributed by atoms with Gasteiger partial charge in [-0.25, -0.2) is 28.6 Å². The molecule has 0 aliphatic rings. The second-order valence-electron chi connectivity index (χ2n) is 5.55. The summed E-state index contributed by atoms with van der Waals surface area (Å²) < 4.78 is 51.7. The van der Waals surface area contributed by atoms with Gasteiger partial charge >= 0.3 is 23.5 Å². The van der Waals surface area contributed by atoms with E-state index in [0.717, 1.165) is 6.33 Å². The summed E-state index contributed by atoms with van der Waals surface area (Å²) in [6, 6.07) is 0. The summed E-state index contributed by atoms with van der Waals surface area (Å²) in [5, 5.41) is 19.0. The quantitative estimate of drug-likeness (QED) is 0.118. The zero-order valence-electron chi connectivity index (χ0n) is 16.2. The van der Waals surface area contributed by atoms with E-state index < -0.39 is 55.6 Å². The largest absolute Gasteiger partial charge is 0.490 e. The number of phosphoric acid groups is 3. The zero-order valence-corrected chi connectivity index (χ0v) is 20.9. The number of rotatable bonds is 12. The maximum Gasteiger partial charge on any atom is 0.490 e. The number of nitrogens with two attached hydrogens (primary N) is 1. The van der Waals surface area contributed by atoms with E-state index >= 15 is 0 Å². The first-order chi connectivity index (χ1) is 14.3. The number of hydrogen-bond acceptors (Lipinski definition) is 13. The van der Waals surface area contributed by atoms with Gasteiger partial charge in [-0.1, -0.05) is 0 Å². The summed E-state index contributed by atoms with van der Waals surface area (Å²) in [4.78, 5) is 47.2. The second-order valence-corrected chi connectivity index (χ2v) is 9.97. The Bertz CT molecular complexity index is 1050. The second kappa shape index (κ2) is 11.9. The Morgan fingerprint density at radius 1 is 1.00 bits per heavy atom. The molecule has 0 spiro atoms. The van der Waals surface area contributed by atoms with Crippen molar-refractivity contribution in [2.45, 2.75) is 12.3 Å². The molecule has 0 saturated heterocycles. The van der Waals surface area contributed by atoms with Gasteiger partial charge in [0, 0.05) is 29.6 Å². The molecule has 2 rings (SSSR count). The molecule has 22 heteroatoms. The Morgan fingerprint density at radius 2 is 1.66 bits per heavy atom. The first-order valence-electron chi connectivity index (χ1n) is 7.85. The number of imidazole rings is 1. The first kappa shape index (κ1) is 29.7. The van der Waals surface area contributed by atoms with E-state index in [9.17, 15) is 28.8 Å². The van der Waals surface area contributed by atoms with Crippen molar-refractivity contribution in [2.75, 3.05) is 25.6 Å². The van der Waals surface area contributed by atoms with Gasteiger partial charge < -0.3 is 40.3 Å². The molecule has 4 unspecified atom stereocenters. The number of ether oxygens (including phenoxy) is 1. The summed E-state index contributed by atoms with van der Waals surface area (Å²) in [5.74, 6) is 0.0480. The third kappa shape index (κ3) is 8.77. The molecule has 32 heavy (non-hydrogen) atoms. The molecule has 1 radical (unpaired) electrons. The smallest absolute Gasteiger partial charge is 0.394 e. The van der Waals surface area contributed by atoms with Crippen LogP contribution in [0.5, 0.6) is 0 Å². The molecule has 2 aromatic rings. The number of fused-ring (bicyclic) bond motifs is 1. The van der Waals surface area contributed by atoms with Crippen LogP contribution in [0.3, 0.4) is 0 Å². The Labute approximate surface area is 201 Å². The van der Waals surface area contributed by atoms with Gasteiger partial charge in [-0.05, 0) is 0 Å². The minimum absolute atomic E-state index is 0. The number of aliphatic hydroxyl groups is 2. The van der Waals surface area contributed by atoms with Crippen molar-refractivity contribution >= 4 is 70.0 Å². The number of anilines is 1. The van der Waals surface area contributed by atoms with Gasteiger partial charge in [0.1, 0.15) is 17.9 Å². The van der Waals surface area contributed by atoms with E-state index in [2.05, 4.69) is 28.1 Å². The molecule has 8 N–H and O–H groups in total. The third-order valence-electron chi connectivity index (χ3n) is 3.25. The average Bonchev–Trinajstić information content (AvgIpc) is 3.04. The topological polar surface area (TPSA) is 279 Å². The molecule has 0 aromatic carbocycles. The maximum atomic E-state index is 11.7. The number of nitrogen functional groups attached to an aromatic ring is 1. The molecular formula is C10H18N5NaO13P3. The van der Waals surface area contributed by atoms with Crippen LogP contribution >= 0.6 is 23.5 Å². The van der Waals surface area contributed by atoms with E-state index in [0.29, 0.717) is 0 Å². The van der Waals surface area contributed by atoms with Gasteiger partial charge in [-0.15, -0.1) is 0 Å². The Kier molecular flexibility index (Phi) is 11.0. The Morgan fingerprint density at radius 3 is 2.22 bits per heavy atom. The van der Waals surface area contributed by atoms with Crippen molar-refractivity contribution in [3.8, 4) is 0 Å². The summed E-state index contributed by atoms with van der Waals surface area (Å²) in [5.41, 5.74) is 6.01. The van der Waals surface area contributed by atoms with Gasteiger partial charge in [0.05, 0.1) is 26.1 Å². The average molecular weight is 532 g/mol. The Hall–Kier alpha value is -0.360. The number of hydrogen-bond donors (Lipinski definition) is 7. The fourth-order valence-corrected chi connectivity index (χ4v) is 5.16. The van der Waals surface area contributed by atoms with Crippen LogP contribution in [-0.2, 0) is 31.6 Å². The van der Waals surface area contributed by atoms with Crippen LogP contribution in [0.25, 0.3) is 11.2 Å². The van der Waals surface area contributed by atoms with Crippen molar-refractivity contribution in [1.82, 2.24) is 19.5 Å². The van der Waals surface area contributed by atoms with Crippen LogP contribution in [0.4, 0.5) is 5.82 Å². The molecule has 0 aliphatic carbocycles. The minimum atomic E-state index is -5.69. The van der Waals surface area contributed by atoms with Gasteiger partial charge in [0.15, 0.2) is 17.7 Å². The van der Waals surface area contributed by atoms with E-state index in [1.807, 2.05) is 0 Å². The number of aliphatic hydroxyl groups excluding tert-OH is 2. The summed E-state index contributed by atoms with van der Waals surface area (Å²) in [6.45, 7) is -2.43. The number of phosphoric ester groups is 1. The van der Waals surface area contributed by atoms with Gasteiger partial charge in [0.25, 0.3) is 0 Å².